The largest absolute Gasteiger partial charge is 0.507 e. The fraction of sp³-hybridized carbons (Fsp3) is 0.308. The Kier molecular flexibility index (Phi) is 3.19. The molecule has 0 bridgehead atoms. The van der Waals surface area contributed by atoms with E-state index in [1.807, 2.05) is 9.47 Å². The summed E-state index contributed by atoms with van der Waals surface area (Å²) >= 11 is 0. The molecule has 104 valence electrons. The van der Waals surface area contributed by atoms with Gasteiger partial charge in [0, 0.05) is 13.1 Å². The molecule has 3 rings (SSSR count). The van der Waals surface area contributed by atoms with E-state index in [0.717, 1.165) is 18.0 Å². The normalized spacial score (nSPS) is 15.1. The molecule has 2 aromatic rings. The maximum Gasteiger partial charge on any atom is 0.180 e. The fourth-order valence-electron chi connectivity index (χ4n) is 2.27. The molecule has 2 heterocycles. The molecule has 0 unspecified atom stereocenters. The number of hydrogen-bond acceptors (Lipinski definition) is 5. The number of benzene rings is 1. The van der Waals surface area contributed by atoms with E-state index >= 15 is 0 Å². The van der Waals surface area contributed by atoms with Crippen molar-refractivity contribution in [3.05, 3.63) is 41.7 Å². The van der Waals surface area contributed by atoms with Crippen molar-refractivity contribution in [2.75, 3.05) is 13.1 Å². The van der Waals surface area contributed by atoms with Gasteiger partial charge >= 0.3 is 0 Å². The second-order valence-corrected chi connectivity index (χ2v) is 4.74. The molecular formula is C13H13FN4O2. The highest BCUT2D eigenvalue weighted by Crippen LogP contribution is 2.19. The number of rotatable bonds is 3. The number of hydrogen-bond donors (Lipinski definition) is 1. The van der Waals surface area contributed by atoms with Crippen molar-refractivity contribution < 1.29 is 14.3 Å². The van der Waals surface area contributed by atoms with Crippen molar-refractivity contribution in [2.24, 2.45) is 0 Å². The van der Waals surface area contributed by atoms with Crippen molar-refractivity contribution in [3.63, 3.8) is 0 Å². The predicted molar refractivity (Wildman–Crippen MR) is 67.7 cm³/mol. The number of Topliss-reactive ketones (excluding diaryl/α,β-unsaturated/α-hetero) is 1. The number of nitrogens with zero attached hydrogens (tertiary/aromatic N) is 4. The summed E-state index contributed by atoms with van der Waals surface area (Å²) in [7, 11) is 0. The van der Waals surface area contributed by atoms with E-state index in [1.54, 1.807) is 6.33 Å². The standard InChI is InChI=1S/C13H13FN4O2/c14-9-1-2-11(19)10(5-9)12(20)6-17-3-4-18-8-15-16-13(18)7-17/h1-2,5,8,19H,3-4,6-7H2. The summed E-state index contributed by atoms with van der Waals surface area (Å²) in [5.41, 5.74) is 0.0111. The number of halogens is 1. The van der Waals surface area contributed by atoms with Crippen molar-refractivity contribution in [1.29, 1.82) is 0 Å². The molecule has 0 spiro atoms. The van der Waals surface area contributed by atoms with Gasteiger partial charge in [0.2, 0.25) is 0 Å². The number of phenols is 1. The zero-order chi connectivity index (χ0) is 14.1. The minimum absolute atomic E-state index is 0.0111. The van der Waals surface area contributed by atoms with Crippen LogP contribution in [0.1, 0.15) is 16.2 Å². The van der Waals surface area contributed by atoms with Crippen LogP contribution in [0.2, 0.25) is 0 Å². The molecule has 1 aliphatic rings. The van der Waals surface area contributed by atoms with Gasteiger partial charge in [0.05, 0.1) is 18.7 Å². The SMILES string of the molecule is O=C(CN1CCn2cnnc2C1)c1cc(F)ccc1O. The second kappa shape index (κ2) is 5.01. The van der Waals surface area contributed by atoms with Crippen LogP contribution in [0.15, 0.2) is 24.5 Å². The Morgan fingerprint density at radius 1 is 1.40 bits per heavy atom. The van der Waals surface area contributed by atoms with E-state index in [2.05, 4.69) is 10.2 Å². The molecule has 6 nitrogen and oxygen atoms in total. The van der Waals surface area contributed by atoms with E-state index in [-0.39, 0.29) is 23.6 Å². The maximum absolute atomic E-state index is 13.1. The summed E-state index contributed by atoms with van der Waals surface area (Å²) in [5.74, 6) is -0.247. The van der Waals surface area contributed by atoms with Gasteiger partial charge in [0.15, 0.2) is 5.78 Å². The lowest BCUT2D eigenvalue weighted by atomic mass is 10.1. The maximum atomic E-state index is 13.1. The molecule has 1 aromatic heterocycles. The zero-order valence-electron chi connectivity index (χ0n) is 10.7. The summed E-state index contributed by atoms with van der Waals surface area (Å²) in [6.07, 6.45) is 1.66. The Bertz CT molecular complexity index is 656. The third kappa shape index (κ3) is 2.39. The monoisotopic (exact) mass is 276 g/mol. The van der Waals surface area contributed by atoms with Crippen LogP contribution in [0.25, 0.3) is 0 Å². The fourth-order valence-corrected chi connectivity index (χ4v) is 2.27. The van der Waals surface area contributed by atoms with Gasteiger partial charge in [-0.1, -0.05) is 0 Å². The van der Waals surface area contributed by atoms with Crippen LogP contribution >= 0.6 is 0 Å². The van der Waals surface area contributed by atoms with E-state index in [0.29, 0.717) is 19.6 Å². The molecule has 0 atom stereocenters. The highest BCUT2D eigenvalue weighted by Gasteiger charge is 2.21. The zero-order valence-corrected chi connectivity index (χ0v) is 10.7. The average molecular weight is 276 g/mol. The van der Waals surface area contributed by atoms with Crippen LogP contribution in [-0.4, -0.2) is 43.6 Å². The quantitative estimate of drug-likeness (QED) is 0.840. The summed E-state index contributed by atoms with van der Waals surface area (Å²) < 4.78 is 15.1. The molecular weight excluding hydrogens is 263 g/mol. The number of ketones is 1. The van der Waals surface area contributed by atoms with Gasteiger partial charge in [-0.3, -0.25) is 9.69 Å². The van der Waals surface area contributed by atoms with E-state index in [1.165, 1.54) is 6.07 Å². The van der Waals surface area contributed by atoms with Gasteiger partial charge < -0.3 is 9.67 Å². The van der Waals surface area contributed by atoms with Gasteiger partial charge in [0.25, 0.3) is 0 Å². The average Bonchev–Trinajstić information content (AvgIpc) is 2.89. The first-order valence-electron chi connectivity index (χ1n) is 6.24. The van der Waals surface area contributed by atoms with Crippen molar-refractivity contribution in [3.8, 4) is 5.75 Å². The first-order chi connectivity index (χ1) is 9.63. The second-order valence-electron chi connectivity index (χ2n) is 4.74. The first-order valence-corrected chi connectivity index (χ1v) is 6.24. The third-order valence-electron chi connectivity index (χ3n) is 3.34. The number of phenolic OH excluding ortho intramolecular Hbond substituents is 1. The Morgan fingerprint density at radius 3 is 3.10 bits per heavy atom. The molecule has 0 aliphatic carbocycles. The third-order valence-corrected chi connectivity index (χ3v) is 3.34. The van der Waals surface area contributed by atoms with Crippen LogP contribution in [0.5, 0.6) is 5.75 Å². The highest BCUT2D eigenvalue weighted by atomic mass is 19.1. The van der Waals surface area contributed by atoms with Crippen molar-refractivity contribution in [1.82, 2.24) is 19.7 Å². The molecule has 0 saturated heterocycles. The van der Waals surface area contributed by atoms with Crippen molar-refractivity contribution in [2.45, 2.75) is 13.1 Å². The Hall–Kier alpha value is -2.28. The minimum atomic E-state index is -0.537. The van der Waals surface area contributed by atoms with Gasteiger partial charge in [-0.25, -0.2) is 4.39 Å². The predicted octanol–water partition coefficient (Wildman–Crippen LogP) is 0.821. The summed E-state index contributed by atoms with van der Waals surface area (Å²) in [6.45, 7) is 2.03. The molecule has 1 aromatic carbocycles. The number of aromatic hydroxyl groups is 1. The van der Waals surface area contributed by atoms with E-state index in [9.17, 15) is 14.3 Å². The van der Waals surface area contributed by atoms with Crippen LogP contribution in [0.3, 0.4) is 0 Å². The summed E-state index contributed by atoms with van der Waals surface area (Å²) in [5, 5.41) is 17.4. The summed E-state index contributed by atoms with van der Waals surface area (Å²) in [4.78, 5) is 14.0. The van der Waals surface area contributed by atoms with Crippen LogP contribution in [0.4, 0.5) is 4.39 Å². The lowest BCUT2D eigenvalue weighted by molar-refractivity contribution is 0.0905. The highest BCUT2D eigenvalue weighted by molar-refractivity contribution is 6.00. The number of carbonyl (C=O) groups is 1. The van der Waals surface area contributed by atoms with Gasteiger partial charge in [-0.05, 0) is 18.2 Å². The van der Waals surface area contributed by atoms with E-state index in [4.69, 9.17) is 0 Å². The molecule has 0 amide bonds. The molecule has 0 saturated carbocycles. The lowest BCUT2D eigenvalue weighted by Gasteiger charge is -2.26. The van der Waals surface area contributed by atoms with Crippen molar-refractivity contribution >= 4 is 5.78 Å². The van der Waals surface area contributed by atoms with Crippen LogP contribution in [0, 0.1) is 5.82 Å². The molecule has 1 N–H and O–H groups in total. The molecule has 0 radical (unpaired) electrons. The smallest absolute Gasteiger partial charge is 0.180 e. The van der Waals surface area contributed by atoms with E-state index < -0.39 is 5.82 Å². The van der Waals surface area contributed by atoms with Crippen LogP contribution < -0.4 is 0 Å². The topological polar surface area (TPSA) is 71.2 Å². The Morgan fingerprint density at radius 2 is 2.25 bits per heavy atom. The lowest BCUT2D eigenvalue weighted by Crippen LogP contribution is -2.37. The summed E-state index contributed by atoms with van der Waals surface area (Å²) in [6, 6.07) is 3.37. The molecule has 7 heteroatoms. The molecule has 20 heavy (non-hydrogen) atoms. The number of aromatic nitrogens is 3. The molecule has 0 fully saturated rings. The first kappa shape index (κ1) is 12.7. The number of fused-ring (bicyclic) bond motifs is 1. The molecule has 1 aliphatic heterocycles. The minimum Gasteiger partial charge on any atom is -0.507 e. The Labute approximate surface area is 114 Å². The van der Waals surface area contributed by atoms with Crippen LogP contribution in [-0.2, 0) is 13.1 Å². The van der Waals surface area contributed by atoms with Gasteiger partial charge in [-0.2, -0.15) is 0 Å². The number of carbonyl (C=O) groups excluding carboxylic acids is 1. The van der Waals surface area contributed by atoms with Gasteiger partial charge in [0.1, 0.15) is 23.7 Å². The Balaban J connectivity index is 1.72. The van der Waals surface area contributed by atoms with Gasteiger partial charge in [-0.15, -0.1) is 10.2 Å².